The van der Waals surface area contributed by atoms with Crippen LogP contribution in [-0.2, 0) is 13.0 Å². The third kappa shape index (κ3) is 2.30. The molecule has 0 unspecified atom stereocenters. The van der Waals surface area contributed by atoms with Crippen LogP contribution in [0.15, 0.2) is 0 Å². The second kappa shape index (κ2) is 4.72. The lowest BCUT2D eigenvalue weighted by atomic mass is 10.1. The summed E-state index contributed by atoms with van der Waals surface area (Å²) in [6, 6.07) is 2.00. The lowest BCUT2D eigenvalue weighted by molar-refractivity contribution is 0.265. The van der Waals surface area contributed by atoms with Crippen molar-refractivity contribution < 1.29 is 5.11 Å². The molecule has 0 saturated heterocycles. The Morgan fingerprint density at radius 1 is 1.57 bits per heavy atom. The Labute approximate surface area is 83.0 Å². The minimum absolute atomic E-state index is 0.0132. The molecule has 0 spiro atoms. The molecule has 5 nitrogen and oxygen atoms in total. The van der Waals surface area contributed by atoms with Gasteiger partial charge in [0.25, 0.3) is 0 Å². The summed E-state index contributed by atoms with van der Waals surface area (Å²) < 4.78 is 1.60. The standard InChI is InChI=1S/C9H14N4O/c1-7(2)5-9-8(6-10)11-12-13(9)3-4-14/h7,14H,3-5H2,1-2H3. The topological polar surface area (TPSA) is 74.7 Å². The number of rotatable bonds is 4. The average Bonchev–Trinajstić information content (AvgIpc) is 2.48. The first-order valence-corrected chi connectivity index (χ1v) is 4.62. The maximum Gasteiger partial charge on any atom is 0.185 e. The number of hydrogen-bond acceptors (Lipinski definition) is 4. The number of nitrogens with zero attached hydrogens (tertiary/aromatic N) is 4. The van der Waals surface area contributed by atoms with Gasteiger partial charge >= 0.3 is 0 Å². The lowest BCUT2D eigenvalue weighted by Crippen LogP contribution is -2.10. The largest absolute Gasteiger partial charge is 0.394 e. The molecule has 1 aromatic rings. The third-order valence-electron chi connectivity index (χ3n) is 1.86. The van der Waals surface area contributed by atoms with Gasteiger partial charge in [-0.25, -0.2) is 4.68 Å². The van der Waals surface area contributed by atoms with Crippen LogP contribution >= 0.6 is 0 Å². The van der Waals surface area contributed by atoms with E-state index in [-0.39, 0.29) is 6.61 Å². The molecule has 0 aliphatic rings. The van der Waals surface area contributed by atoms with Crippen LogP contribution in [-0.4, -0.2) is 26.7 Å². The molecule has 0 fully saturated rings. The second-order valence-corrected chi connectivity index (χ2v) is 3.54. The molecule has 1 heterocycles. The van der Waals surface area contributed by atoms with Gasteiger partial charge in [-0.05, 0) is 12.3 Å². The quantitative estimate of drug-likeness (QED) is 0.750. The van der Waals surface area contributed by atoms with Gasteiger partial charge in [0.2, 0.25) is 0 Å². The normalized spacial score (nSPS) is 10.5. The van der Waals surface area contributed by atoms with Crippen LogP contribution in [0, 0.1) is 17.2 Å². The third-order valence-corrected chi connectivity index (χ3v) is 1.86. The molecule has 14 heavy (non-hydrogen) atoms. The number of aliphatic hydroxyl groups excluding tert-OH is 1. The predicted molar refractivity (Wildman–Crippen MR) is 50.4 cm³/mol. The van der Waals surface area contributed by atoms with E-state index in [0.717, 1.165) is 12.1 Å². The molecule has 0 saturated carbocycles. The van der Waals surface area contributed by atoms with Crippen molar-refractivity contribution in [1.29, 1.82) is 5.26 Å². The van der Waals surface area contributed by atoms with Crippen molar-refractivity contribution in [3.63, 3.8) is 0 Å². The molecule has 0 radical (unpaired) electrons. The Bertz CT molecular complexity index is 337. The van der Waals surface area contributed by atoms with Gasteiger partial charge < -0.3 is 5.11 Å². The van der Waals surface area contributed by atoms with Crippen molar-refractivity contribution in [2.75, 3.05) is 6.61 Å². The van der Waals surface area contributed by atoms with Gasteiger partial charge in [-0.15, -0.1) is 5.10 Å². The van der Waals surface area contributed by atoms with Crippen molar-refractivity contribution in [1.82, 2.24) is 15.0 Å². The van der Waals surface area contributed by atoms with E-state index in [4.69, 9.17) is 10.4 Å². The Kier molecular flexibility index (Phi) is 3.60. The molecule has 1 rings (SSSR count). The van der Waals surface area contributed by atoms with E-state index >= 15 is 0 Å². The molecule has 0 amide bonds. The molecule has 1 N–H and O–H groups in total. The first kappa shape index (κ1) is 10.7. The summed E-state index contributed by atoms with van der Waals surface area (Å²) in [5, 5.41) is 25.1. The minimum atomic E-state index is 0.0132. The van der Waals surface area contributed by atoms with Gasteiger partial charge in [-0.1, -0.05) is 19.1 Å². The number of aromatic nitrogens is 3. The highest BCUT2D eigenvalue weighted by molar-refractivity contribution is 5.24. The van der Waals surface area contributed by atoms with Gasteiger partial charge in [-0.2, -0.15) is 5.26 Å². The van der Waals surface area contributed by atoms with Crippen molar-refractivity contribution in [3.05, 3.63) is 11.4 Å². The SMILES string of the molecule is CC(C)Cc1c(C#N)nnn1CCO. The van der Waals surface area contributed by atoms with E-state index in [1.54, 1.807) is 4.68 Å². The van der Waals surface area contributed by atoms with E-state index < -0.39 is 0 Å². The first-order valence-electron chi connectivity index (χ1n) is 4.62. The lowest BCUT2D eigenvalue weighted by Gasteiger charge is -2.06. The van der Waals surface area contributed by atoms with Gasteiger partial charge in [0.1, 0.15) is 6.07 Å². The van der Waals surface area contributed by atoms with E-state index in [2.05, 4.69) is 24.2 Å². The van der Waals surface area contributed by atoms with E-state index in [1.807, 2.05) is 6.07 Å². The summed E-state index contributed by atoms with van der Waals surface area (Å²) in [5.41, 5.74) is 1.18. The molecule has 0 aliphatic carbocycles. The Morgan fingerprint density at radius 3 is 2.79 bits per heavy atom. The summed E-state index contributed by atoms with van der Waals surface area (Å²) in [6.07, 6.45) is 0.760. The van der Waals surface area contributed by atoms with Crippen molar-refractivity contribution in [2.24, 2.45) is 5.92 Å². The van der Waals surface area contributed by atoms with Crippen molar-refractivity contribution in [3.8, 4) is 6.07 Å². The Morgan fingerprint density at radius 2 is 2.29 bits per heavy atom. The Hall–Kier alpha value is -1.41. The summed E-state index contributed by atoms with van der Waals surface area (Å²) in [6.45, 7) is 4.55. The molecular weight excluding hydrogens is 180 g/mol. The highest BCUT2D eigenvalue weighted by Crippen LogP contribution is 2.10. The number of nitriles is 1. The van der Waals surface area contributed by atoms with E-state index in [9.17, 15) is 0 Å². The molecule has 0 bridgehead atoms. The molecule has 1 aromatic heterocycles. The van der Waals surface area contributed by atoms with Crippen molar-refractivity contribution >= 4 is 0 Å². The van der Waals surface area contributed by atoms with Crippen LogP contribution in [0.2, 0.25) is 0 Å². The van der Waals surface area contributed by atoms with Gasteiger partial charge in [0, 0.05) is 0 Å². The molecule has 0 atom stereocenters. The molecule has 0 aliphatic heterocycles. The fourth-order valence-electron chi connectivity index (χ4n) is 1.28. The fraction of sp³-hybridized carbons (Fsp3) is 0.667. The smallest absolute Gasteiger partial charge is 0.185 e. The van der Waals surface area contributed by atoms with Crippen LogP contribution in [0.3, 0.4) is 0 Å². The van der Waals surface area contributed by atoms with E-state index in [0.29, 0.717) is 18.2 Å². The van der Waals surface area contributed by atoms with Gasteiger partial charge in [0.15, 0.2) is 5.69 Å². The monoisotopic (exact) mass is 194 g/mol. The maximum atomic E-state index is 8.79. The summed E-state index contributed by atoms with van der Waals surface area (Å²) >= 11 is 0. The zero-order valence-electron chi connectivity index (χ0n) is 8.43. The molecule has 76 valence electrons. The zero-order valence-corrected chi connectivity index (χ0v) is 8.43. The van der Waals surface area contributed by atoms with Crippen LogP contribution in [0.1, 0.15) is 25.2 Å². The summed E-state index contributed by atoms with van der Waals surface area (Å²) in [4.78, 5) is 0. The fourth-order valence-corrected chi connectivity index (χ4v) is 1.28. The summed E-state index contributed by atoms with van der Waals surface area (Å²) in [7, 11) is 0. The van der Waals surface area contributed by atoms with Crippen LogP contribution in [0.5, 0.6) is 0 Å². The molecular formula is C9H14N4O. The molecule has 0 aromatic carbocycles. The average molecular weight is 194 g/mol. The number of hydrogen-bond donors (Lipinski definition) is 1. The molecule has 5 heteroatoms. The summed E-state index contributed by atoms with van der Waals surface area (Å²) in [5.74, 6) is 0.443. The van der Waals surface area contributed by atoms with Gasteiger partial charge in [0.05, 0.1) is 18.8 Å². The second-order valence-electron chi connectivity index (χ2n) is 3.54. The maximum absolute atomic E-state index is 8.79. The van der Waals surface area contributed by atoms with Crippen molar-refractivity contribution in [2.45, 2.75) is 26.8 Å². The van der Waals surface area contributed by atoms with Gasteiger partial charge in [-0.3, -0.25) is 0 Å². The predicted octanol–water partition coefficient (Wildman–Crippen LogP) is 0.341. The zero-order chi connectivity index (χ0) is 10.6. The number of aliphatic hydroxyl groups is 1. The Balaban J connectivity index is 2.95. The first-order chi connectivity index (χ1) is 6.69. The highest BCUT2D eigenvalue weighted by atomic mass is 16.3. The van der Waals surface area contributed by atoms with Crippen LogP contribution < -0.4 is 0 Å². The van der Waals surface area contributed by atoms with E-state index in [1.165, 1.54) is 0 Å². The minimum Gasteiger partial charge on any atom is -0.394 e. The highest BCUT2D eigenvalue weighted by Gasteiger charge is 2.13. The van der Waals surface area contributed by atoms with Crippen LogP contribution in [0.25, 0.3) is 0 Å². The van der Waals surface area contributed by atoms with Crippen LogP contribution in [0.4, 0.5) is 0 Å².